The Morgan fingerprint density at radius 3 is 2.50 bits per heavy atom. The fraction of sp³-hybridized carbons (Fsp3) is 0.233. The van der Waals surface area contributed by atoms with E-state index >= 15 is 0 Å². The molecule has 2 N–H and O–H groups in total. The molecule has 40 heavy (non-hydrogen) atoms. The lowest BCUT2D eigenvalue weighted by molar-refractivity contribution is -0.119. The molecule has 1 aliphatic heterocycles. The molecule has 3 heterocycles. The van der Waals surface area contributed by atoms with Crippen LogP contribution in [0.1, 0.15) is 23.5 Å². The van der Waals surface area contributed by atoms with Crippen LogP contribution in [0.5, 0.6) is 5.75 Å². The molecule has 0 unspecified atom stereocenters. The molecule has 1 fully saturated rings. The fourth-order valence-corrected chi connectivity index (χ4v) is 5.32. The Morgan fingerprint density at radius 2 is 1.82 bits per heavy atom. The van der Waals surface area contributed by atoms with Gasteiger partial charge in [0.25, 0.3) is 0 Å². The molecule has 2 atom stereocenters. The van der Waals surface area contributed by atoms with Crippen LogP contribution in [-0.2, 0) is 9.53 Å². The Balaban J connectivity index is 1.61. The van der Waals surface area contributed by atoms with E-state index in [4.69, 9.17) is 21.7 Å². The minimum atomic E-state index is -0.280. The molecule has 0 aliphatic carbocycles. The van der Waals surface area contributed by atoms with Crippen molar-refractivity contribution >= 4 is 40.3 Å². The number of methoxy groups -OCH3 is 2. The standard InChI is InChI=1S/C30H32N6O3S/c1-34(2)20-10-12-21(13-11-20)35-17-7-9-25(35)29-28(23-8-5-6-16-31-23)33-30(40)36(29)22-14-15-26(39-4)24(18-22)32-27(37)19-38-3/h5-18,28-29H,19H2,1-4H3,(H,32,37)(H,33,40)/t28-,29-/m1/s1. The second kappa shape index (κ2) is 11.8. The quantitative estimate of drug-likeness (QED) is 0.287. The van der Waals surface area contributed by atoms with Crippen LogP contribution >= 0.6 is 12.2 Å². The van der Waals surface area contributed by atoms with E-state index in [9.17, 15) is 4.79 Å². The second-order valence-electron chi connectivity index (χ2n) is 9.58. The molecule has 9 nitrogen and oxygen atoms in total. The molecule has 1 aliphatic rings. The molecule has 206 valence electrons. The first-order valence-electron chi connectivity index (χ1n) is 12.8. The Labute approximate surface area is 239 Å². The average molecular weight is 557 g/mol. The number of nitrogens with one attached hydrogen (secondary N) is 2. The highest BCUT2D eigenvalue weighted by atomic mass is 32.1. The van der Waals surface area contributed by atoms with Crippen molar-refractivity contribution in [3.8, 4) is 11.4 Å². The number of carbonyl (C=O) groups excluding carboxylic acids is 1. The zero-order chi connectivity index (χ0) is 28.2. The van der Waals surface area contributed by atoms with Gasteiger partial charge in [0, 0.05) is 56.4 Å². The number of pyridine rings is 1. The van der Waals surface area contributed by atoms with Gasteiger partial charge < -0.3 is 34.5 Å². The van der Waals surface area contributed by atoms with Gasteiger partial charge in [-0.15, -0.1) is 0 Å². The monoisotopic (exact) mass is 556 g/mol. The van der Waals surface area contributed by atoms with Gasteiger partial charge in [-0.3, -0.25) is 9.78 Å². The number of rotatable bonds is 9. The average Bonchev–Trinajstić information content (AvgIpc) is 3.58. The molecular formula is C30H32N6O3S. The van der Waals surface area contributed by atoms with Gasteiger partial charge in [0.1, 0.15) is 18.4 Å². The number of benzene rings is 2. The van der Waals surface area contributed by atoms with Crippen molar-refractivity contribution in [2.24, 2.45) is 0 Å². The van der Waals surface area contributed by atoms with Crippen LogP contribution in [0.3, 0.4) is 0 Å². The van der Waals surface area contributed by atoms with Gasteiger partial charge in [0.05, 0.1) is 24.5 Å². The normalized spacial score (nSPS) is 16.5. The number of carbonyl (C=O) groups is 1. The highest BCUT2D eigenvalue weighted by molar-refractivity contribution is 7.80. The maximum absolute atomic E-state index is 12.4. The second-order valence-corrected chi connectivity index (χ2v) is 9.96. The largest absolute Gasteiger partial charge is 0.495 e. The topological polar surface area (TPSA) is 83.9 Å². The zero-order valence-corrected chi connectivity index (χ0v) is 23.7. The van der Waals surface area contributed by atoms with Crippen molar-refractivity contribution in [3.63, 3.8) is 0 Å². The van der Waals surface area contributed by atoms with Crippen LogP contribution in [0.25, 0.3) is 5.69 Å². The third-order valence-electron chi connectivity index (χ3n) is 6.84. The Hall–Kier alpha value is -4.41. The van der Waals surface area contributed by atoms with Crippen LogP contribution in [0.4, 0.5) is 17.1 Å². The van der Waals surface area contributed by atoms with Gasteiger partial charge >= 0.3 is 0 Å². The van der Waals surface area contributed by atoms with E-state index < -0.39 is 0 Å². The fourth-order valence-electron chi connectivity index (χ4n) is 4.98. The van der Waals surface area contributed by atoms with Crippen LogP contribution in [0.15, 0.2) is 85.2 Å². The van der Waals surface area contributed by atoms with E-state index in [0.29, 0.717) is 16.5 Å². The number of nitrogens with zero attached hydrogens (tertiary/aromatic N) is 4. The van der Waals surface area contributed by atoms with Gasteiger partial charge in [-0.2, -0.15) is 0 Å². The molecule has 0 radical (unpaired) electrons. The van der Waals surface area contributed by atoms with Gasteiger partial charge in [-0.25, -0.2) is 0 Å². The van der Waals surface area contributed by atoms with Crippen molar-refractivity contribution in [2.45, 2.75) is 12.1 Å². The smallest absolute Gasteiger partial charge is 0.250 e. The van der Waals surface area contributed by atoms with Crippen molar-refractivity contribution in [1.29, 1.82) is 0 Å². The maximum atomic E-state index is 12.4. The number of thiocarbonyl (C=S) groups is 1. The zero-order valence-electron chi connectivity index (χ0n) is 22.9. The van der Waals surface area contributed by atoms with E-state index in [0.717, 1.165) is 28.5 Å². The van der Waals surface area contributed by atoms with Crippen LogP contribution in [0.2, 0.25) is 0 Å². The summed E-state index contributed by atoms with van der Waals surface area (Å²) in [4.78, 5) is 21.2. The molecule has 0 bridgehead atoms. The molecule has 2 aromatic heterocycles. The molecule has 0 saturated carbocycles. The summed E-state index contributed by atoms with van der Waals surface area (Å²) in [7, 11) is 7.10. The van der Waals surface area contributed by atoms with E-state index in [2.05, 4.69) is 66.5 Å². The van der Waals surface area contributed by atoms with E-state index in [1.807, 2.05) is 56.6 Å². The Kier molecular flexibility index (Phi) is 7.99. The van der Waals surface area contributed by atoms with E-state index in [1.54, 1.807) is 13.3 Å². The summed E-state index contributed by atoms with van der Waals surface area (Å²) in [6, 6.07) is 23.6. The lowest BCUT2D eigenvalue weighted by Crippen LogP contribution is -2.30. The van der Waals surface area contributed by atoms with E-state index in [-0.39, 0.29) is 24.6 Å². The number of amides is 1. The molecule has 10 heteroatoms. The number of hydrogen-bond acceptors (Lipinski definition) is 6. The lowest BCUT2D eigenvalue weighted by atomic mass is 10.0. The van der Waals surface area contributed by atoms with Crippen LogP contribution < -0.4 is 25.2 Å². The third kappa shape index (κ3) is 5.36. The molecule has 5 rings (SSSR count). The predicted octanol–water partition coefficient (Wildman–Crippen LogP) is 4.71. The Morgan fingerprint density at radius 1 is 1.05 bits per heavy atom. The first kappa shape index (κ1) is 27.2. The SMILES string of the molecule is COCC(=O)Nc1cc(N2C(=S)N[C@H](c3ccccn3)[C@H]2c2cccn2-c2ccc(N(C)C)cc2)ccc1OC. The number of aromatic nitrogens is 2. The first-order valence-corrected chi connectivity index (χ1v) is 13.2. The number of anilines is 3. The highest BCUT2D eigenvalue weighted by Gasteiger charge is 2.42. The third-order valence-corrected chi connectivity index (χ3v) is 7.15. The maximum Gasteiger partial charge on any atom is 0.250 e. The summed E-state index contributed by atoms with van der Waals surface area (Å²) < 4.78 is 12.7. The van der Waals surface area contributed by atoms with Gasteiger partial charge in [-0.05, 0) is 78.9 Å². The lowest BCUT2D eigenvalue weighted by Gasteiger charge is -2.29. The molecular weight excluding hydrogens is 524 g/mol. The van der Waals surface area contributed by atoms with Crippen molar-refractivity contribution in [1.82, 2.24) is 14.9 Å². The first-order chi connectivity index (χ1) is 19.4. The molecule has 1 amide bonds. The Bertz CT molecular complexity index is 1490. The predicted molar refractivity (Wildman–Crippen MR) is 162 cm³/mol. The molecule has 0 spiro atoms. The van der Waals surface area contributed by atoms with Crippen LogP contribution in [0, 0.1) is 0 Å². The van der Waals surface area contributed by atoms with Gasteiger partial charge in [0.15, 0.2) is 5.11 Å². The minimum absolute atomic E-state index is 0.0679. The summed E-state index contributed by atoms with van der Waals surface area (Å²) in [5.74, 6) is 0.256. The summed E-state index contributed by atoms with van der Waals surface area (Å²) in [6.07, 6.45) is 3.84. The number of ether oxygens (including phenoxy) is 2. The summed E-state index contributed by atoms with van der Waals surface area (Å²) >= 11 is 5.92. The molecule has 1 saturated heterocycles. The van der Waals surface area contributed by atoms with E-state index in [1.165, 1.54) is 7.11 Å². The molecule has 2 aromatic carbocycles. The van der Waals surface area contributed by atoms with Gasteiger partial charge in [-0.1, -0.05) is 6.07 Å². The summed E-state index contributed by atoms with van der Waals surface area (Å²) in [5.41, 5.74) is 5.38. The summed E-state index contributed by atoms with van der Waals surface area (Å²) in [5, 5.41) is 6.94. The van der Waals surface area contributed by atoms with Crippen molar-refractivity contribution < 1.29 is 14.3 Å². The minimum Gasteiger partial charge on any atom is -0.495 e. The highest BCUT2D eigenvalue weighted by Crippen LogP contribution is 2.43. The molecule has 4 aromatic rings. The van der Waals surface area contributed by atoms with Crippen molar-refractivity contribution in [3.05, 3.63) is 96.6 Å². The summed E-state index contributed by atoms with van der Waals surface area (Å²) in [6.45, 7) is -0.0679. The van der Waals surface area contributed by atoms with Crippen molar-refractivity contribution in [2.75, 3.05) is 50.0 Å². The van der Waals surface area contributed by atoms with Gasteiger partial charge in [0.2, 0.25) is 5.91 Å². The van der Waals surface area contributed by atoms with Crippen LogP contribution in [-0.4, -0.2) is 55.5 Å². The number of hydrogen-bond donors (Lipinski definition) is 2.